The van der Waals surface area contributed by atoms with Crippen molar-refractivity contribution in [3.05, 3.63) is 72.4 Å². The average Bonchev–Trinajstić information content (AvgIpc) is 2.73. The number of halogens is 1. The Hall–Kier alpha value is -3.68. The fourth-order valence-electron chi connectivity index (χ4n) is 2.35. The number of benzene rings is 2. The Bertz CT molecular complexity index is 935. The number of ether oxygens (including phenoxy) is 2. The molecule has 0 aliphatic rings. The zero-order valence-corrected chi connectivity index (χ0v) is 15.2. The van der Waals surface area contributed by atoms with Gasteiger partial charge >= 0.3 is 0 Å². The van der Waals surface area contributed by atoms with Gasteiger partial charge < -0.3 is 20.1 Å². The molecular weight excluding hydrogens is 363 g/mol. The standard InChI is InChI=1S/C20H19FN4O3/c1-27-14-6-8-15(9-7-14)28-11-10-22-19-12-18(23-13-24-19)20(26)25-17-5-3-2-4-16(17)21/h2-9,12-13H,10-11H2,1H3,(H,25,26)(H,22,23,24). The number of nitrogens with one attached hydrogen (secondary N) is 2. The lowest BCUT2D eigenvalue weighted by atomic mass is 10.3. The van der Waals surface area contributed by atoms with Crippen molar-refractivity contribution in [2.75, 3.05) is 30.9 Å². The van der Waals surface area contributed by atoms with Gasteiger partial charge in [0.05, 0.1) is 19.3 Å². The molecule has 0 aliphatic heterocycles. The molecule has 0 saturated heterocycles. The summed E-state index contributed by atoms with van der Waals surface area (Å²) in [5.41, 5.74) is 0.213. The predicted octanol–water partition coefficient (Wildman–Crippen LogP) is 3.37. The van der Waals surface area contributed by atoms with Crippen molar-refractivity contribution in [2.24, 2.45) is 0 Å². The van der Waals surface area contributed by atoms with Gasteiger partial charge in [0.15, 0.2) is 0 Å². The molecule has 3 aromatic rings. The Balaban J connectivity index is 1.51. The number of hydrogen-bond acceptors (Lipinski definition) is 6. The van der Waals surface area contributed by atoms with Crippen LogP contribution in [0.25, 0.3) is 0 Å². The smallest absolute Gasteiger partial charge is 0.274 e. The van der Waals surface area contributed by atoms with Gasteiger partial charge in [-0.15, -0.1) is 0 Å². The van der Waals surface area contributed by atoms with Crippen LogP contribution in [0, 0.1) is 5.82 Å². The van der Waals surface area contributed by atoms with Crippen LogP contribution in [0.3, 0.4) is 0 Å². The Morgan fingerprint density at radius 2 is 1.82 bits per heavy atom. The number of rotatable bonds is 8. The van der Waals surface area contributed by atoms with Crippen LogP contribution in [0.2, 0.25) is 0 Å². The molecule has 0 spiro atoms. The van der Waals surface area contributed by atoms with E-state index in [-0.39, 0.29) is 11.4 Å². The minimum atomic E-state index is -0.523. The highest BCUT2D eigenvalue weighted by Crippen LogP contribution is 2.17. The summed E-state index contributed by atoms with van der Waals surface area (Å²) in [6.07, 6.45) is 1.27. The summed E-state index contributed by atoms with van der Waals surface area (Å²) in [5.74, 6) is 0.902. The molecule has 0 radical (unpaired) electrons. The first-order chi connectivity index (χ1) is 13.7. The normalized spacial score (nSPS) is 10.2. The largest absolute Gasteiger partial charge is 0.497 e. The lowest BCUT2D eigenvalue weighted by Crippen LogP contribution is -2.17. The van der Waals surface area contributed by atoms with E-state index in [9.17, 15) is 9.18 Å². The summed E-state index contributed by atoms with van der Waals surface area (Å²) in [5, 5.41) is 5.54. The van der Waals surface area contributed by atoms with Crippen LogP contribution in [0.5, 0.6) is 11.5 Å². The summed E-state index contributed by atoms with van der Waals surface area (Å²) in [7, 11) is 1.60. The van der Waals surface area contributed by atoms with Crippen LogP contribution in [-0.2, 0) is 0 Å². The van der Waals surface area contributed by atoms with Gasteiger partial charge in [0.1, 0.15) is 41.8 Å². The third-order valence-corrected chi connectivity index (χ3v) is 3.76. The van der Waals surface area contributed by atoms with Crippen molar-refractivity contribution >= 4 is 17.4 Å². The van der Waals surface area contributed by atoms with Crippen LogP contribution >= 0.6 is 0 Å². The predicted molar refractivity (Wildman–Crippen MR) is 103 cm³/mol. The number of aromatic nitrogens is 2. The quantitative estimate of drug-likeness (QED) is 0.581. The average molecular weight is 382 g/mol. The molecule has 7 nitrogen and oxygen atoms in total. The van der Waals surface area contributed by atoms with Crippen LogP contribution < -0.4 is 20.1 Å². The molecule has 144 valence electrons. The Kier molecular flexibility index (Phi) is 6.35. The number of hydrogen-bond donors (Lipinski definition) is 2. The van der Waals surface area contributed by atoms with Crippen LogP contribution in [0.15, 0.2) is 60.9 Å². The number of nitrogens with zero attached hydrogens (tertiary/aromatic N) is 2. The summed E-state index contributed by atoms with van der Waals surface area (Å²) in [4.78, 5) is 20.2. The van der Waals surface area contributed by atoms with E-state index in [4.69, 9.17) is 9.47 Å². The van der Waals surface area contributed by atoms with Crippen molar-refractivity contribution in [1.82, 2.24) is 9.97 Å². The Morgan fingerprint density at radius 1 is 1.07 bits per heavy atom. The van der Waals surface area contributed by atoms with Gasteiger partial charge in [0, 0.05) is 6.07 Å². The summed E-state index contributed by atoms with van der Waals surface area (Å²) < 4.78 is 24.4. The molecule has 1 heterocycles. The Labute approximate surface area is 161 Å². The third kappa shape index (κ3) is 5.16. The maximum atomic E-state index is 13.7. The second-order valence-corrected chi connectivity index (χ2v) is 5.67. The number of carbonyl (C=O) groups is 1. The lowest BCUT2D eigenvalue weighted by molar-refractivity contribution is 0.102. The summed E-state index contributed by atoms with van der Waals surface area (Å²) in [6.45, 7) is 0.866. The Morgan fingerprint density at radius 3 is 2.57 bits per heavy atom. The SMILES string of the molecule is COc1ccc(OCCNc2cc(C(=O)Nc3ccccc3F)ncn2)cc1. The summed E-state index contributed by atoms with van der Waals surface area (Å²) in [6, 6.07) is 14.7. The van der Waals surface area contributed by atoms with Gasteiger partial charge in [-0.05, 0) is 36.4 Å². The monoisotopic (exact) mass is 382 g/mol. The second kappa shape index (κ2) is 9.31. The fraction of sp³-hybridized carbons (Fsp3) is 0.150. The molecule has 0 atom stereocenters. The topological polar surface area (TPSA) is 85.4 Å². The van der Waals surface area contributed by atoms with E-state index in [0.29, 0.717) is 19.0 Å². The van der Waals surface area contributed by atoms with Crippen LogP contribution in [-0.4, -0.2) is 36.1 Å². The molecule has 28 heavy (non-hydrogen) atoms. The maximum Gasteiger partial charge on any atom is 0.274 e. The lowest BCUT2D eigenvalue weighted by Gasteiger charge is -2.09. The van der Waals surface area contributed by atoms with Gasteiger partial charge in [-0.25, -0.2) is 14.4 Å². The molecule has 2 aromatic carbocycles. The summed E-state index contributed by atoms with van der Waals surface area (Å²) >= 11 is 0. The van der Waals surface area contributed by atoms with Gasteiger partial charge in [-0.1, -0.05) is 12.1 Å². The molecule has 1 amide bonds. The van der Waals surface area contributed by atoms with Crippen molar-refractivity contribution in [3.8, 4) is 11.5 Å². The molecule has 1 aromatic heterocycles. The van der Waals surface area contributed by atoms with Crippen molar-refractivity contribution in [2.45, 2.75) is 0 Å². The zero-order valence-electron chi connectivity index (χ0n) is 15.2. The van der Waals surface area contributed by atoms with Gasteiger partial charge in [0.25, 0.3) is 5.91 Å². The minimum absolute atomic E-state index is 0.0912. The molecule has 8 heteroatoms. The first kappa shape index (κ1) is 19.1. The van der Waals surface area contributed by atoms with Gasteiger partial charge in [-0.2, -0.15) is 0 Å². The molecule has 3 rings (SSSR count). The van der Waals surface area contributed by atoms with E-state index in [1.807, 2.05) is 24.3 Å². The van der Waals surface area contributed by atoms with E-state index in [1.54, 1.807) is 19.2 Å². The molecule has 2 N–H and O–H groups in total. The number of methoxy groups -OCH3 is 1. The number of carbonyl (C=O) groups excluding carboxylic acids is 1. The number of amides is 1. The van der Waals surface area contributed by atoms with Crippen molar-refractivity contribution < 1.29 is 18.7 Å². The molecular formula is C20H19FN4O3. The first-order valence-electron chi connectivity index (χ1n) is 8.54. The number of para-hydroxylation sites is 1. The van der Waals surface area contributed by atoms with E-state index >= 15 is 0 Å². The molecule has 0 fully saturated rings. The van der Waals surface area contributed by atoms with E-state index in [1.165, 1.54) is 24.5 Å². The van der Waals surface area contributed by atoms with Crippen LogP contribution in [0.1, 0.15) is 10.5 Å². The fourth-order valence-corrected chi connectivity index (χ4v) is 2.35. The molecule has 0 unspecified atom stereocenters. The van der Waals surface area contributed by atoms with E-state index in [0.717, 1.165) is 11.5 Å². The minimum Gasteiger partial charge on any atom is -0.497 e. The van der Waals surface area contributed by atoms with E-state index in [2.05, 4.69) is 20.6 Å². The highest BCUT2D eigenvalue weighted by molar-refractivity contribution is 6.03. The molecule has 0 aliphatic carbocycles. The molecule has 0 bridgehead atoms. The highest BCUT2D eigenvalue weighted by atomic mass is 19.1. The van der Waals surface area contributed by atoms with Crippen molar-refractivity contribution in [1.29, 1.82) is 0 Å². The highest BCUT2D eigenvalue weighted by Gasteiger charge is 2.11. The third-order valence-electron chi connectivity index (χ3n) is 3.76. The second-order valence-electron chi connectivity index (χ2n) is 5.67. The maximum absolute atomic E-state index is 13.7. The van der Waals surface area contributed by atoms with Crippen LogP contribution in [0.4, 0.5) is 15.9 Å². The van der Waals surface area contributed by atoms with Gasteiger partial charge in [-0.3, -0.25) is 4.79 Å². The first-order valence-corrected chi connectivity index (χ1v) is 8.54. The zero-order chi connectivity index (χ0) is 19.8. The van der Waals surface area contributed by atoms with Gasteiger partial charge in [0.2, 0.25) is 0 Å². The van der Waals surface area contributed by atoms with E-state index < -0.39 is 11.7 Å². The number of anilines is 2. The van der Waals surface area contributed by atoms with Crippen molar-refractivity contribution in [3.63, 3.8) is 0 Å². The molecule has 0 saturated carbocycles.